The van der Waals surface area contributed by atoms with Gasteiger partial charge in [-0.25, -0.2) is 4.79 Å². The zero-order valence-electron chi connectivity index (χ0n) is 20.6. The fourth-order valence-electron chi connectivity index (χ4n) is 4.54. The molecular weight excluding hydrogens is 438 g/mol. The highest BCUT2D eigenvalue weighted by Gasteiger charge is 2.49. The number of urea groups is 1. The van der Waals surface area contributed by atoms with Crippen LogP contribution < -0.4 is 5.32 Å². The second-order valence-electron chi connectivity index (χ2n) is 9.45. The van der Waals surface area contributed by atoms with Crippen molar-refractivity contribution in [1.29, 1.82) is 0 Å². The van der Waals surface area contributed by atoms with Crippen LogP contribution in [0.2, 0.25) is 0 Å². The van der Waals surface area contributed by atoms with Crippen LogP contribution in [0.3, 0.4) is 0 Å². The summed E-state index contributed by atoms with van der Waals surface area (Å²) in [6.07, 6.45) is 0. The number of benzene rings is 3. The highest BCUT2D eigenvalue weighted by atomic mass is 16.2. The number of hydrogen-bond acceptors (Lipinski definition) is 3. The number of nitrogens with one attached hydrogen (secondary N) is 1. The molecule has 1 unspecified atom stereocenters. The zero-order valence-corrected chi connectivity index (χ0v) is 20.6. The van der Waals surface area contributed by atoms with Crippen LogP contribution in [0.4, 0.5) is 4.79 Å². The summed E-state index contributed by atoms with van der Waals surface area (Å²) in [5.74, 6) is -0.402. The number of nitrogens with zero attached hydrogens (tertiary/aromatic N) is 2. The highest BCUT2D eigenvalue weighted by Crippen LogP contribution is 2.31. The molecule has 180 valence electrons. The monoisotopic (exact) mass is 469 g/mol. The van der Waals surface area contributed by atoms with E-state index < -0.39 is 17.5 Å². The van der Waals surface area contributed by atoms with Crippen LogP contribution in [0.25, 0.3) is 0 Å². The van der Waals surface area contributed by atoms with E-state index in [1.807, 2.05) is 84.9 Å². The van der Waals surface area contributed by atoms with Gasteiger partial charge in [0.15, 0.2) is 0 Å². The van der Waals surface area contributed by atoms with Crippen LogP contribution in [-0.2, 0) is 15.1 Å². The van der Waals surface area contributed by atoms with Crippen LogP contribution in [0.5, 0.6) is 0 Å². The van der Waals surface area contributed by atoms with E-state index >= 15 is 0 Å². The lowest BCUT2D eigenvalue weighted by atomic mass is 9.90. The van der Waals surface area contributed by atoms with Crippen molar-refractivity contribution >= 4 is 17.8 Å². The van der Waals surface area contributed by atoms with Crippen molar-refractivity contribution in [3.8, 4) is 0 Å². The maximum absolute atomic E-state index is 13.4. The van der Waals surface area contributed by atoms with Crippen LogP contribution >= 0.6 is 0 Å². The van der Waals surface area contributed by atoms with Crippen molar-refractivity contribution < 1.29 is 14.4 Å². The maximum Gasteiger partial charge on any atom is 0.325 e. The second kappa shape index (κ2) is 9.74. The molecule has 1 fully saturated rings. The molecule has 3 aromatic rings. The maximum atomic E-state index is 13.4. The number of imide groups is 1. The van der Waals surface area contributed by atoms with Crippen LogP contribution in [0.15, 0.2) is 84.9 Å². The summed E-state index contributed by atoms with van der Waals surface area (Å²) >= 11 is 0. The fraction of sp³-hybridized carbons (Fsp3) is 0.276. The average Bonchev–Trinajstić information content (AvgIpc) is 3.09. The standard InChI is InChI=1S/C29H31N3O3/c1-20(2)21-15-17-24(18-16-21)29(3)27(34)32(28(35)30-29)19-25(33)31(4)26(22-11-7-5-8-12-22)23-13-9-6-10-14-23/h5-18,20,26H,19H2,1-4H3,(H,30,35). The minimum atomic E-state index is -1.22. The molecule has 3 aromatic carbocycles. The molecule has 0 radical (unpaired) electrons. The van der Waals surface area contributed by atoms with E-state index in [1.54, 1.807) is 18.9 Å². The van der Waals surface area contributed by atoms with Gasteiger partial charge in [0, 0.05) is 7.05 Å². The van der Waals surface area contributed by atoms with Gasteiger partial charge in [-0.1, -0.05) is 98.8 Å². The molecule has 1 N–H and O–H groups in total. The van der Waals surface area contributed by atoms with Crippen molar-refractivity contribution in [2.24, 2.45) is 0 Å². The molecule has 1 aliphatic heterocycles. The molecule has 6 heteroatoms. The molecule has 0 saturated carbocycles. The van der Waals surface area contributed by atoms with E-state index in [9.17, 15) is 14.4 Å². The lowest BCUT2D eigenvalue weighted by Crippen LogP contribution is -2.44. The van der Waals surface area contributed by atoms with Crippen molar-refractivity contribution in [2.45, 2.75) is 38.3 Å². The third-order valence-electron chi connectivity index (χ3n) is 6.73. The lowest BCUT2D eigenvalue weighted by Gasteiger charge is -2.30. The van der Waals surface area contributed by atoms with Gasteiger partial charge in [-0.05, 0) is 35.1 Å². The van der Waals surface area contributed by atoms with E-state index in [0.29, 0.717) is 11.5 Å². The number of amides is 4. The molecule has 6 nitrogen and oxygen atoms in total. The predicted molar refractivity (Wildman–Crippen MR) is 136 cm³/mol. The summed E-state index contributed by atoms with van der Waals surface area (Å²) in [5, 5.41) is 2.80. The normalized spacial score (nSPS) is 17.7. The minimum Gasteiger partial charge on any atom is -0.333 e. The summed E-state index contributed by atoms with van der Waals surface area (Å²) < 4.78 is 0. The minimum absolute atomic E-state index is 0.328. The molecule has 0 aromatic heterocycles. The molecular formula is C29H31N3O3. The summed E-state index contributed by atoms with van der Waals surface area (Å²) in [5.41, 5.74) is 2.51. The molecule has 1 aliphatic rings. The Balaban J connectivity index is 1.56. The Morgan fingerprint density at radius 3 is 1.86 bits per heavy atom. The first-order chi connectivity index (χ1) is 16.7. The highest BCUT2D eigenvalue weighted by molar-refractivity contribution is 6.09. The Morgan fingerprint density at radius 2 is 1.37 bits per heavy atom. The molecule has 1 atom stereocenters. The predicted octanol–water partition coefficient (Wildman–Crippen LogP) is 4.83. The summed E-state index contributed by atoms with van der Waals surface area (Å²) in [4.78, 5) is 42.2. The number of carbonyl (C=O) groups excluding carboxylic acids is 3. The first-order valence-electron chi connectivity index (χ1n) is 11.8. The second-order valence-corrected chi connectivity index (χ2v) is 9.45. The van der Waals surface area contributed by atoms with Crippen LogP contribution in [0.1, 0.15) is 55.0 Å². The van der Waals surface area contributed by atoms with Gasteiger partial charge in [0.1, 0.15) is 12.1 Å². The molecule has 4 amide bonds. The molecule has 1 saturated heterocycles. The van der Waals surface area contributed by atoms with Gasteiger partial charge in [0.25, 0.3) is 5.91 Å². The Kier molecular flexibility index (Phi) is 6.74. The zero-order chi connectivity index (χ0) is 25.2. The average molecular weight is 470 g/mol. The van der Waals surface area contributed by atoms with Gasteiger partial charge in [-0.15, -0.1) is 0 Å². The van der Waals surface area contributed by atoms with E-state index in [-0.39, 0.29) is 18.5 Å². The Morgan fingerprint density at radius 1 is 0.857 bits per heavy atom. The van der Waals surface area contributed by atoms with Crippen LogP contribution in [0, 0.1) is 0 Å². The Labute approximate surface area is 206 Å². The van der Waals surface area contributed by atoms with Crippen LogP contribution in [-0.4, -0.2) is 41.2 Å². The van der Waals surface area contributed by atoms with Crippen molar-refractivity contribution in [3.05, 3.63) is 107 Å². The van der Waals surface area contributed by atoms with Gasteiger partial charge in [-0.3, -0.25) is 14.5 Å². The van der Waals surface area contributed by atoms with E-state index in [4.69, 9.17) is 0 Å². The molecule has 4 rings (SSSR count). The third-order valence-corrected chi connectivity index (χ3v) is 6.73. The molecule has 1 heterocycles. The van der Waals surface area contributed by atoms with Gasteiger partial charge >= 0.3 is 6.03 Å². The van der Waals surface area contributed by atoms with E-state index in [1.165, 1.54) is 0 Å². The van der Waals surface area contributed by atoms with Gasteiger partial charge in [0.05, 0.1) is 6.04 Å². The number of carbonyl (C=O) groups is 3. The topological polar surface area (TPSA) is 69.7 Å². The Bertz CT molecular complexity index is 1170. The van der Waals surface area contributed by atoms with E-state index in [2.05, 4.69) is 19.2 Å². The summed E-state index contributed by atoms with van der Waals surface area (Å²) in [6.45, 7) is 5.54. The first kappa shape index (κ1) is 24.2. The largest absolute Gasteiger partial charge is 0.333 e. The molecule has 35 heavy (non-hydrogen) atoms. The summed E-state index contributed by atoms with van der Waals surface area (Å²) in [6, 6.07) is 26.2. The van der Waals surface area contributed by atoms with Gasteiger partial charge < -0.3 is 10.2 Å². The molecule has 0 spiro atoms. The molecule has 0 bridgehead atoms. The van der Waals surface area contributed by atoms with Crippen molar-refractivity contribution in [2.75, 3.05) is 13.6 Å². The smallest absolute Gasteiger partial charge is 0.325 e. The molecule has 0 aliphatic carbocycles. The number of rotatable bonds is 7. The fourth-order valence-corrected chi connectivity index (χ4v) is 4.54. The van der Waals surface area contributed by atoms with Gasteiger partial charge in [-0.2, -0.15) is 0 Å². The third kappa shape index (κ3) is 4.69. The van der Waals surface area contributed by atoms with E-state index in [0.717, 1.165) is 21.6 Å². The van der Waals surface area contributed by atoms with Crippen molar-refractivity contribution in [1.82, 2.24) is 15.1 Å². The lowest BCUT2D eigenvalue weighted by molar-refractivity contribution is -0.139. The van der Waals surface area contributed by atoms with Gasteiger partial charge in [0.2, 0.25) is 5.91 Å². The SMILES string of the molecule is CC(C)c1ccc(C2(C)NC(=O)N(CC(=O)N(C)C(c3ccccc3)c3ccccc3)C2=O)cc1. The summed E-state index contributed by atoms with van der Waals surface area (Å²) in [7, 11) is 1.70. The number of hydrogen-bond donors (Lipinski definition) is 1. The quantitative estimate of drug-likeness (QED) is 0.504. The first-order valence-corrected chi connectivity index (χ1v) is 11.8. The Hall–Kier alpha value is -3.93. The van der Waals surface area contributed by atoms with Crippen molar-refractivity contribution in [3.63, 3.8) is 0 Å². The number of likely N-dealkylation sites (N-methyl/N-ethyl adjacent to an activating group) is 1.